The maximum Gasteiger partial charge on any atom is 4.00 e. The topological polar surface area (TPSA) is 0 Å². The SMILES string of the molecule is Cc1[c-]c(C)c(C)[pH]1.Cc1[c-]c(C)c(C)[pH]1.[Cl-].[Cl-].[Zr+4]. The van der Waals surface area contributed by atoms with E-state index in [0.29, 0.717) is 0 Å². The van der Waals surface area contributed by atoms with Crippen LogP contribution >= 0.6 is 16.4 Å². The van der Waals surface area contributed by atoms with Crippen LogP contribution < -0.4 is 24.8 Å². The zero-order valence-electron chi connectivity index (χ0n) is 12.3. The smallest absolute Gasteiger partial charge is 1.00 e. The van der Waals surface area contributed by atoms with Gasteiger partial charge in [-0.1, -0.05) is 27.7 Å². The Bertz CT molecular complexity index is 392. The zero-order valence-corrected chi connectivity index (χ0v) is 18.2. The van der Waals surface area contributed by atoms with Gasteiger partial charge < -0.3 is 24.8 Å². The van der Waals surface area contributed by atoms with Crippen LogP contribution in [0, 0.1) is 53.7 Å². The van der Waals surface area contributed by atoms with Crippen LogP contribution in [-0.4, -0.2) is 0 Å². The number of rotatable bonds is 0. The molecule has 0 bridgehead atoms. The van der Waals surface area contributed by atoms with Crippen molar-refractivity contribution in [3.63, 3.8) is 0 Å². The summed E-state index contributed by atoms with van der Waals surface area (Å²) in [6.45, 7) is 12.9. The minimum absolute atomic E-state index is 0. The van der Waals surface area contributed by atoms with Gasteiger partial charge in [0.25, 0.3) is 0 Å². The fourth-order valence-electron chi connectivity index (χ4n) is 1.56. The summed E-state index contributed by atoms with van der Waals surface area (Å²) >= 11 is 0. The van der Waals surface area contributed by atoms with Crippen LogP contribution in [0.2, 0.25) is 0 Å². The molecular formula is C14H20Cl2P2Zr. The van der Waals surface area contributed by atoms with Crippen molar-refractivity contribution in [1.82, 2.24) is 0 Å². The van der Waals surface area contributed by atoms with E-state index in [0.717, 1.165) is 16.4 Å². The summed E-state index contributed by atoms with van der Waals surface area (Å²) in [6.07, 6.45) is 0. The molecule has 19 heavy (non-hydrogen) atoms. The first-order valence-electron chi connectivity index (χ1n) is 5.50. The van der Waals surface area contributed by atoms with Crippen molar-refractivity contribution in [2.45, 2.75) is 41.5 Å². The van der Waals surface area contributed by atoms with E-state index < -0.39 is 0 Å². The van der Waals surface area contributed by atoms with Crippen molar-refractivity contribution in [3.8, 4) is 0 Å². The second-order valence-electron chi connectivity index (χ2n) is 4.25. The van der Waals surface area contributed by atoms with Gasteiger partial charge in [0, 0.05) is 0 Å². The van der Waals surface area contributed by atoms with Gasteiger partial charge in [-0.3, -0.25) is 0 Å². The second-order valence-corrected chi connectivity index (χ2v) is 7.75. The molecule has 0 spiro atoms. The Kier molecular flexibility index (Phi) is 15.3. The minimum atomic E-state index is 0. The third-order valence-electron chi connectivity index (χ3n) is 2.62. The molecule has 2 rings (SSSR count). The molecule has 104 valence electrons. The molecule has 0 aliphatic rings. The molecule has 0 aliphatic heterocycles. The number of aryl methyl sites for hydroxylation is 6. The summed E-state index contributed by atoms with van der Waals surface area (Å²) in [4.78, 5) is 0. The maximum atomic E-state index is 3.28. The van der Waals surface area contributed by atoms with Crippen LogP contribution in [0.1, 0.15) is 32.3 Å². The number of halogens is 2. The largest absolute Gasteiger partial charge is 4.00 e. The normalized spacial score (nSPS) is 9.16. The summed E-state index contributed by atoms with van der Waals surface area (Å²) in [5.74, 6) is 0. The van der Waals surface area contributed by atoms with Crippen LogP contribution in [-0.2, 0) is 26.2 Å². The van der Waals surface area contributed by atoms with Crippen LogP contribution in [0.4, 0.5) is 0 Å². The van der Waals surface area contributed by atoms with Crippen molar-refractivity contribution < 1.29 is 51.0 Å². The van der Waals surface area contributed by atoms with Gasteiger partial charge in [0.05, 0.1) is 0 Å². The van der Waals surface area contributed by atoms with Gasteiger partial charge in [-0.05, 0) is 0 Å². The molecule has 0 radical (unpaired) electrons. The number of hydrogen-bond donors (Lipinski definition) is 0. The summed E-state index contributed by atoms with van der Waals surface area (Å²) in [5.41, 5.74) is 2.70. The van der Waals surface area contributed by atoms with Crippen molar-refractivity contribution >= 4 is 16.4 Å². The van der Waals surface area contributed by atoms with Crippen LogP contribution in [0.3, 0.4) is 0 Å². The molecule has 2 aromatic heterocycles. The predicted molar refractivity (Wildman–Crippen MR) is 78.0 cm³/mol. The molecule has 0 nitrogen and oxygen atoms in total. The Labute approximate surface area is 152 Å². The average Bonchev–Trinajstić information content (AvgIpc) is 2.58. The first-order chi connectivity index (χ1) is 7.40. The molecule has 0 amide bonds. The third-order valence-corrected chi connectivity index (χ3v) is 5.12. The molecule has 5 heteroatoms. The molecule has 0 N–H and O–H groups in total. The van der Waals surface area contributed by atoms with E-state index in [1.54, 1.807) is 0 Å². The fourth-order valence-corrected chi connectivity index (χ4v) is 3.69. The molecule has 0 fully saturated rings. The van der Waals surface area contributed by atoms with Gasteiger partial charge in [0.2, 0.25) is 0 Å². The van der Waals surface area contributed by atoms with Crippen molar-refractivity contribution in [2.24, 2.45) is 0 Å². The minimum Gasteiger partial charge on any atom is -1.00 e. The summed E-state index contributed by atoms with van der Waals surface area (Å²) in [6, 6.07) is 6.55. The molecule has 0 aromatic carbocycles. The van der Waals surface area contributed by atoms with E-state index in [4.69, 9.17) is 0 Å². The van der Waals surface area contributed by atoms with E-state index >= 15 is 0 Å². The fraction of sp³-hybridized carbons (Fsp3) is 0.429. The first kappa shape index (κ1) is 25.0. The van der Waals surface area contributed by atoms with Crippen LogP contribution in [0.25, 0.3) is 0 Å². The number of hydrogen-bond acceptors (Lipinski definition) is 0. The van der Waals surface area contributed by atoms with Gasteiger partial charge in [-0.25, -0.2) is 39.6 Å². The Balaban J connectivity index is -0.000000233. The molecule has 2 atom stereocenters. The standard InChI is InChI=1S/2C7H10P.2ClH.Zr/c2*1-5-4-6(2)8-7(5)3;;;/h2*8H,1-3H3;2*1H;/q2*-1;;;+4/p-2. The molecule has 2 heterocycles. The van der Waals surface area contributed by atoms with Crippen molar-refractivity contribution in [2.75, 3.05) is 0 Å². The molecular weight excluding hydrogens is 392 g/mol. The second kappa shape index (κ2) is 11.7. The zero-order chi connectivity index (χ0) is 12.3. The molecule has 2 unspecified atom stereocenters. The van der Waals surface area contributed by atoms with Crippen LogP contribution in [0.5, 0.6) is 0 Å². The summed E-state index contributed by atoms with van der Waals surface area (Å²) in [5, 5.41) is 5.81. The quantitative estimate of drug-likeness (QED) is 0.482. The maximum absolute atomic E-state index is 3.28. The van der Waals surface area contributed by atoms with Gasteiger partial charge in [-0.15, -0.1) is 24.4 Å². The first-order valence-corrected chi connectivity index (χ1v) is 7.50. The monoisotopic (exact) mass is 410 g/mol. The Hall–Kier alpha value is 1.02. The Morgan fingerprint density at radius 1 is 0.632 bits per heavy atom. The van der Waals surface area contributed by atoms with E-state index in [-0.39, 0.29) is 51.0 Å². The predicted octanol–water partition coefficient (Wildman–Crippen LogP) is -1.11. The van der Waals surface area contributed by atoms with E-state index in [9.17, 15) is 0 Å². The molecule has 0 aliphatic carbocycles. The molecule has 0 saturated carbocycles. The molecule has 0 saturated heterocycles. The van der Waals surface area contributed by atoms with Crippen molar-refractivity contribution in [1.29, 1.82) is 0 Å². The van der Waals surface area contributed by atoms with Gasteiger partial charge in [-0.2, -0.15) is 10.6 Å². The van der Waals surface area contributed by atoms with Gasteiger partial charge >= 0.3 is 26.2 Å². The van der Waals surface area contributed by atoms with Gasteiger partial charge in [0.1, 0.15) is 0 Å². The van der Waals surface area contributed by atoms with Crippen LogP contribution in [0.15, 0.2) is 0 Å². The Morgan fingerprint density at radius 3 is 0.947 bits per heavy atom. The van der Waals surface area contributed by atoms with E-state index in [2.05, 4.69) is 53.7 Å². The van der Waals surface area contributed by atoms with E-state index in [1.807, 2.05) is 0 Å². The average molecular weight is 412 g/mol. The Morgan fingerprint density at radius 2 is 0.895 bits per heavy atom. The summed E-state index contributed by atoms with van der Waals surface area (Å²) in [7, 11) is 1.84. The van der Waals surface area contributed by atoms with Gasteiger partial charge in [0.15, 0.2) is 0 Å². The molecule has 2 aromatic rings. The third kappa shape index (κ3) is 8.80. The summed E-state index contributed by atoms with van der Waals surface area (Å²) < 4.78 is 0. The van der Waals surface area contributed by atoms with E-state index in [1.165, 1.54) is 32.3 Å². The van der Waals surface area contributed by atoms with Crippen molar-refractivity contribution in [3.05, 3.63) is 44.4 Å².